The Hall–Kier alpha value is -1.81. The van der Waals surface area contributed by atoms with Crippen molar-refractivity contribution < 1.29 is 9.53 Å². The summed E-state index contributed by atoms with van der Waals surface area (Å²) in [6.07, 6.45) is 0.855. The Morgan fingerprint density at radius 1 is 1.28 bits per heavy atom. The molecule has 2 rings (SSSR count). The Morgan fingerprint density at radius 2 is 2.11 bits per heavy atom. The highest BCUT2D eigenvalue weighted by Gasteiger charge is 2.00. The number of methoxy groups -OCH3 is 1. The third kappa shape index (κ3) is 3.34. The lowest BCUT2D eigenvalue weighted by Gasteiger charge is -2.04. The van der Waals surface area contributed by atoms with E-state index in [0.29, 0.717) is 11.4 Å². The van der Waals surface area contributed by atoms with Gasteiger partial charge >= 0.3 is 0 Å². The summed E-state index contributed by atoms with van der Waals surface area (Å²) in [5, 5.41) is 0. The number of hydrogen-bond donors (Lipinski definition) is 0. The van der Waals surface area contributed by atoms with Crippen LogP contribution in [0, 0.1) is 0 Å². The number of aldehydes is 1. The van der Waals surface area contributed by atoms with Gasteiger partial charge in [0.2, 0.25) is 5.88 Å². The minimum Gasteiger partial charge on any atom is -0.481 e. The van der Waals surface area contributed by atoms with Crippen molar-refractivity contribution in [3.05, 3.63) is 53.7 Å². The SMILES string of the molecule is COc1cccc(CSc2cccc(C=O)c2)n1. The Balaban J connectivity index is 2.03. The molecule has 1 heterocycles. The van der Waals surface area contributed by atoms with Crippen LogP contribution in [0.15, 0.2) is 47.4 Å². The molecule has 0 aliphatic heterocycles. The second kappa shape index (κ2) is 6.21. The van der Waals surface area contributed by atoms with E-state index in [0.717, 1.165) is 22.6 Å². The Labute approximate surface area is 110 Å². The normalized spacial score (nSPS) is 10.1. The van der Waals surface area contributed by atoms with Crippen molar-refractivity contribution in [3.63, 3.8) is 0 Å². The van der Waals surface area contributed by atoms with Gasteiger partial charge in [0.05, 0.1) is 12.8 Å². The van der Waals surface area contributed by atoms with Gasteiger partial charge in [-0.3, -0.25) is 4.79 Å². The van der Waals surface area contributed by atoms with Gasteiger partial charge in [0.1, 0.15) is 6.29 Å². The molecule has 4 heteroatoms. The van der Waals surface area contributed by atoms with Crippen molar-refractivity contribution in [2.45, 2.75) is 10.6 Å². The highest BCUT2D eigenvalue weighted by molar-refractivity contribution is 7.98. The Kier molecular flexibility index (Phi) is 4.36. The summed E-state index contributed by atoms with van der Waals surface area (Å²) in [5.41, 5.74) is 1.65. The molecule has 0 bridgehead atoms. The minimum atomic E-state index is 0.620. The number of nitrogens with zero attached hydrogens (tertiary/aromatic N) is 1. The molecule has 3 nitrogen and oxygen atoms in total. The molecular formula is C14H13NO2S. The van der Waals surface area contributed by atoms with E-state index in [1.165, 1.54) is 0 Å². The predicted octanol–water partition coefficient (Wildman–Crippen LogP) is 3.20. The summed E-state index contributed by atoms with van der Waals surface area (Å²) in [7, 11) is 1.60. The number of hydrogen-bond acceptors (Lipinski definition) is 4. The molecule has 0 N–H and O–H groups in total. The zero-order chi connectivity index (χ0) is 12.8. The minimum absolute atomic E-state index is 0.620. The summed E-state index contributed by atoms with van der Waals surface area (Å²) < 4.78 is 5.08. The lowest BCUT2D eigenvalue weighted by atomic mass is 10.2. The van der Waals surface area contributed by atoms with Crippen LogP contribution < -0.4 is 4.74 Å². The van der Waals surface area contributed by atoms with Crippen molar-refractivity contribution in [1.82, 2.24) is 4.98 Å². The van der Waals surface area contributed by atoms with Gasteiger partial charge in [0.15, 0.2) is 0 Å². The zero-order valence-corrected chi connectivity index (χ0v) is 10.8. The maximum atomic E-state index is 10.7. The van der Waals surface area contributed by atoms with E-state index in [9.17, 15) is 4.79 Å². The van der Waals surface area contributed by atoms with Crippen LogP contribution in [0.1, 0.15) is 16.1 Å². The second-order valence-electron chi connectivity index (χ2n) is 3.65. The van der Waals surface area contributed by atoms with Crippen LogP contribution in [0.5, 0.6) is 5.88 Å². The first kappa shape index (κ1) is 12.6. The van der Waals surface area contributed by atoms with E-state index in [2.05, 4.69) is 4.98 Å². The summed E-state index contributed by atoms with van der Waals surface area (Å²) in [5.74, 6) is 1.37. The van der Waals surface area contributed by atoms with E-state index in [4.69, 9.17) is 4.74 Å². The molecule has 1 aromatic heterocycles. The fourth-order valence-electron chi connectivity index (χ4n) is 1.49. The van der Waals surface area contributed by atoms with Crippen LogP contribution in [-0.2, 0) is 5.75 Å². The molecule has 2 aromatic rings. The topological polar surface area (TPSA) is 39.2 Å². The van der Waals surface area contributed by atoms with Gasteiger partial charge in [-0.15, -0.1) is 11.8 Å². The smallest absolute Gasteiger partial charge is 0.213 e. The van der Waals surface area contributed by atoms with Crippen molar-refractivity contribution in [2.75, 3.05) is 7.11 Å². The van der Waals surface area contributed by atoms with Crippen LogP contribution >= 0.6 is 11.8 Å². The largest absolute Gasteiger partial charge is 0.481 e. The van der Waals surface area contributed by atoms with Crippen LogP contribution in [0.2, 0.25) is 0 Å². The van der Waals surface area contributed by atoms with Gasteiger partial charge in [0.25, 0.3) is 0 Å². The summed E-state index contributed by atoms with van der Waals surface area (Å²) >= 11 is 1.65. The summed E-state index contributed by atoms with van der Waals surface area (Å²) in [4.78, 5) is 16.1. The molecular weight excluding hydrogens is 246 g/mol. The zero-order valence-electron chi connectivity index (χ0n) is 10.00. The van der Waals surface area contributed by atoms with E-state index in [-0.39, 0.29) is 0 Å². The van der Waals surface area contributed by atoms with Crippen molar-refractivity contribution in [3.8, 4) is 5.88 Å². The maximum absolute atomic E-state index is 10.7. The van der Waals surface area contributed by atoms with Crippen molar-refractivity contribution in [1.29, 1.82) is 0 Å². The molecule has 0 radical (unpaired) electrons. The van der Waals surface area contributed by atoms with Gasteiger partial charge in [0, 0.05) is 22.3 Å². The average molecular weight is 259 g/mol. The van der Waals surface area contributed by atoms with E-state index >= 15 is 0 Å². The first-order valence-electron chi connectivity index (χ1n) is 5.50. The number of carbonyl (C=O) groups excluding carboxylic acids is 1. The second-order valence-corrected chi connectivity index (χ2v) is 4.70. The maximum Gasteiger partial charge on any atom is 0.213 e. The predicted molar refractivity (Wildman–Crippen MR) is 72.2 cm³/mol. The van der Waals surface area contributed by atoms with Crippen molar-refractivity contribution >= 4 is 18.0 Å². The number of aromatic nitrogens is 1. The van der Waals surface area contributed by atoms with Gasteiger partial charge in [-0.25, -0.2) is 4.98 Å². The van der Waals surface area contributed by atoms with E-state index < -0.39 is 0 Å². The molecule has 0 atom stereocenters. The standard InChI is InChI=1S/C14H13NO2S/c1-17-14-7-3-5-12(15-14)10-18-13-6-2-4-11(8-13)9-16/h2-9H,10H2,1H3. The lowest BCUT2D eigenvalue weighted by molar-refractivity contribution is 0.112. The number of benzene rings is 1. The highest BCUT2D eigenvalue weighted by Crippen LogP contribution is 2.23. The molecule has 0 spiro atoms. The molecule has 0 saturated carbocycles. The van der Waals surface area contributed by atoms with Crippen LogP contribution in [0.3, 0.4) is 0 Å². The summed E-state index contributed by atoms with van der Waals surface area (Å²) in [6.45, 7) is 0. The van der Waals surface area contributed by atoms with Crippen molar-refractivity contribution in [2.24, 2.45) is 0 Å². The average Bonchev–Trinajstić information content (AvgIpc) is 2.45. The van der Waals surface area contributed by atoms with Gasteiger partial charge in [-0.2, -0.15) is 0 Å². The van der Waals surface area contributed by atoms with Crippen LogP contribution in [-0.4, -0.2) is 18.4 Å². The van der Waals surface area contributed by atoms with Gasteiger partial charge in [-0.1, -0.05) is 18.2 Å². The monoisotopic (exact) mass is 259 g/mol. The van der Waals surface area contributed by atoms with E-state index in [1.54, 1.807) is 24.9 Å². The molecule has 92 valence electrons. The molecule has 0 amide bonds. The molecule has 0 aliphatic rings. The number of thioether (sulfide) groups is 1. The number of ether oxygens (including phenoxy) is 1. The quantitative estimate of drug-likeness (QED) is 0.610. The Bertz CT molecular complexity index is 543. The lowest BCUT2D eigenvalue weighted by Crippen LogP contribution is -1.91. The van der Waals surface area contributed by atoms with Crippen LogP contribution in [0.25, 0.3) is 0 Å². The molecule has 0 aliphatic carbocycles. The third-order valence-corrected chi connectivity index (χ3v) is 3.40. The molecule has 1 aromatic carbocycles. The number of pyridine rings is 1. The molecule has 18 heavy (non-hydrogen) atoms. The van der Waals surface area contributed by atoms with E-state index in [1.807, 2.05) is 36.4 Å². The highest BCUT2D eigenvalue weighted by atomic mass is 32.2. The molecule has 0 unspecified atom stereocenters. The molecule has 0 saturated heterocycles. The third-order valence-electron chi connectivity index (χ3n) is 2.37. The fraction of sp³-hybridized carbons (Fsp3) is 0.143. The first-order chi connectivity index (χ1) is 8.81. The number of carbonyl (C=O) groups is 1. The first-order valence-corrected chi connectivity index (χ1v) is 6.48. The summed E-state index contributed by atoms with van der Waals surface area (Å²) in [6, 6.07) is 13.2. The van der Waals surface area contributed by atoms with Gasteiger partial charge in [-0.05, 0) is 18.2 Å². The fourth-order valence-corrected chi connectivity index (χ4v) is 2.36. The number of rotatable bonds is 5. The van der Waals surface area contributed by atoms with Crippen LogP contribution in [0.4, 0.5) is 0 Å². The van der Waals surface area contributed by atoms with Gasteiger partial charge < -0.3 is 4.74 Å². The Morgan fingerprint density at radius 3 is 2.89 bits per heavy atom. The molecule has 0 fully saturated rings.